The highest BCUT2D eigenvalue weighted by Crippen LogP contribution is 2.44. The Labute approximate surface area is 165 Å². The van der Waals surface area contributed by atoms with Gasteiger partial charge in [-0.1, -0.05) is 41.6 Å². The minimum atomic E-state index is -1.53. The maximum Gasteiger partial charge on any atom is 0.136 e. The molecule has 1 unspecified atom stereocenters. The molecule has 0 spiro atoms. The lowest BCUT2D eigenvalue weighted by molar-refractivity contribution is 0.156. The number of aliphatic hydroxyl groups is 1. The van der Waals surface area contributed by atoms with Crippen molar-refractivity contribution in [2.45, 2.75) is 5.60 Å². The lowest BCUT2D eigenvalue weighted by Crippen LogP contribution is -2.23. The van der Waals surface area contributed by atoms with Crippen LogP contribution in [0.5, 0.6) is 0 Å². The van der Waals surface area contributed by atoms with Crippen molar-refractivity contribution in [2.75, 3.05) is 0 Å². The Kier molecular flexibility index (Phi) is 3.89. The molecule has 4 aromatic rings. The number of benzene rings is 3. The fourth-order valence-electron chi connectivity index (χ4n) is 3.65. The Morgan fingerprint density at radius 2 is 1.48 bits per heavy atom. The van der Waals surface area contributed by atoms with Gasteiger partial charge in [-0.05, 0) is 59.7 Å². The predicted octanol–water partition coefficient (Wildman–Crippen LogP) is 4.54. The number of nitrogens with zero attached hydrogens (tertiary/aromatic N) is 3. The average Bonchev–Trinajstić information content (AvgIpc) is 3.31. The molecule has 3 aromatic carbocycles. The first-order valence-electron chi connectivity index (χ1n) is 9.05. The van der Waals surface area contributed by atoms with E-state index in [1.54, 1.807) is 29.0 Å². The number of para-hydroxylation sites is 1. The van der Waals surface area contributed by atoms with Crippen LogP contribution in [0.15, 0.2) is 84.9 Å². The fourth-order valence-corrected chi connectivity index (χ4v) is 3.65. The molecule has 0 fully saturated rings. The van der Waals surface area contributed by atoms with Crippen LogP contribution in [-0.4, -0.2) is 20.1 Å². The summed E-state index contributed by atoms with van der Waals surface area (Å²) in [5.74, 6) is -0.762. The molecular weight excluding hydrogens is 372 g/mol. The van der Waals surface area contributed by atoms with Gasteiger partial charge >= 0.3 is 0 Å². The molecule has 1 aromatic heterocycles. The van der Waals surface area contributed by atoms with E-state index in [1.807, 2.05) is 24.3 Å². The van der Waals surface area contributed by atoms with Gasteiger partial charge in [0.15, 0.2) is 0 Å². The number of hydrogen-bond acceptors (Lipinski definition) is 3. The maximum absolute atomic E-state index is 13.5. The van der Waals surface area contributed by atoms with E-state index >= 15 is 0 Å². The quantitative estimate of drug-likeness (QED) is 0.562. The van der Waals surface area contributed by atoms with Crippen LogP contribution in [0.3, 0.4) is 0 Å². The van der Waals surface area contributed by atoms with Crippen molar-refractivity contribution >= 4 is 22.3 Å². The molecule has 0 saturated heterocycles. The van der Waals surface area contributed by atoms with E-state index in [2.05, 4.69) is 10.3 Å². The molecule has 5 rings (SSSR count). The largest absolute Gasteiger partial charge is 0.377 e. The highest BCUT2D eigenvalue weighted by atomic mass is 19.1. The van der Waals surface area contributed by atoms with Gasteiger partial charge in [-0.25, -0.2) is 13.5 Å². The molecule has 1 atom stereocenters. The summed E-state index contributed by atoms with van der Waals surface area (Å²) in [7, 11) is 0. The van der Waals surface area contributed by atoms with Crippen LogP contribution in [0.25, 0.3) is 22.3 Å². The van der Waals surface area contributed by atoms with Crippen LogP contribution >= 0.6 is 0 Å². The minimum Gasteiger partial charge on any atom is -0.377 e. The standard InChI is InChI=1S/C23H15F2N3O/c24-17-9-5-15(6-10-17)20-13-19(28-22-4-2-1-3-21(22)26-27-28)14-23(20,29)16-7-11-18(25)12-8-16/h1-14,29H. The van der Waals surface area contributed by atoms with Crippen LogP contribution < -0.4 is 0 Å². The summed E-state index contributed by atoms with van der Waals surface area (Å²) in [6.07, 6.45) is 3.44. The highest BCUT2D eigenvalue weighted by Gasteiger charge is 2.38. The van der Waals surface area contributed by atoms with Gasteiger partial charge in [-0.15, -0.1) is 5.10 Å². The van der Waals surface area contributed by atoms with Gasteiger partial charge in [0.25, 0.3) is 0 Å². The van der Waals surface area contributed by atoms with E-state index in [9.17, 15) is 13.9 Å². The number of hydrogen-bond donors (Lipinski definition) is 1. The van der Waals surface area contributed by atoms with Gasteiger partial charge in [0, 0.05) is 5.57 Å². The molecule has 1 heterocycles. The Balaban J connectivity index is 1.71. The third kappa shape index (κ3) is 2.85. The van der Waals surface area contributed by atoms with Gasteiger partial charge in [0.2, 0.25) is 0 Å². The number of halogens is 2. The molecule has 0 bridgehead atoms. The van der Waals surface area contributed by atoms with Crippen molar-refractivity contribution in [3.63, 3.8) is 0 Å². The van der Waals surface area contributed by atoms with Crippen LogP contribution in [-0.2, 0) is 5.60 Å². The SMILES string of the molecule is OC1(c2ccc(F)cc2)C=C(n2nnc3ccccc32)C=C1c1ccc(F)cc1. The summed E-state index contributed by atoms with van der Waals surface area (Å²) in [6.45, 7) is 0. The normalized spacial score (nSPS) is 18.7. The van der Waals surface area contributed by atoms with E-state index in [0.29, 0.717) is 22.4 Å². The van der Waals surface area contributed by atoms with Crippen LogP contribution in [0, 0.1) is 11.6 Å². The molecule has 142 valence electrons. The zero-order chi connectivity index (χ0) is 20.0. The first-order chi connectivity index (χ1) is 14.0. The van der Waals surface area contributed by atoms with E-state index in [4.69, 9.17) is 0 Å². The zero-order valence-electron chi connectivity index (χ0n) is 15.1. The molecule has 29 heavy (non-hydrogen) atoms. The van der Waals surface area contributed by atoms with Crippen LogP contribution in [0.4, 0.5) is 8.78 Å². The summed E-state index contributed by atoms with van der Waals surface area (Å²) in [5, 5.41) is 20.0. The Morgan fingerprint density at radius 1 is 0.828 bits per heavy atom. The van der Waals surface area contributed by atoms with Crippen molar-refractivity contribution in [1.29, 1.82) is 0 Å². The lowest BCUT2D eigenvalue weighted by Gasteiger charge is -2.25. The summed E-state index contributed by atoms with van der Waals surface area (Å²) in [6, 6.07) is 19.0. The van der Waals surface area contributed by atoms with Crippen molar-refractivity contribution in [3.8, 4) is 0 Å². The molecule has 0 aliphatic heterocycles. The minimum absolute atomic E-state index is 0.367. The van der Waals surface area contributed by atoms with Gasteiger partial charge in [0.05, 0.1) is 11.2 Å². The smallest absolute Gasteiger partial charge is 0.136 e. The van der Waals surface area contributed by atoms with Crippen molar-refractivity contribution in [3.05, 3.63) is 108 Å². The molecule has 1 N–H and O–H groups in total. The van der Waals surface area contributed by atoms with Crippen molar-refractivity contribution < 1.29 is 13.9 Å². The second-order valence-electron chi connectivity index (χ2n) is 6.90. The summed E-state index contributed by atoms with van der Waals surface area (Å²) in [5.41, 5.74) is 2.28. The van der Waals surface area contributed by atoms with Crippen LogP contribution in [0.2, 0.25) is 0 Å². The second kappa shape index (κ2) is 6.46. The summed E-state index contributed by atoms with van der Waals surface area (Å²) < 4.78 is 28.5. The molecule has 0 saturated carbocycles. The lowest BCUT2D eigenvalue weighted by atomic mass is 9.85. The Hall–Kier alpha value is -3.64. The first kappa shape index (κ1) is 17.5. The molecule has 6 heteroatoms. The Bertz CT molecular complexity index is 1270. The highest BCUT2D eigenvalue weighted by molar-refractivity contribution is 5.92. The molecule has 4 nitrogen and oxygen atoms in total. The van der Waals surface area contributed by atoms with E-state index < -0.39 is 11.4 Å². The zero-order valence-corrected chi connectivity index (χ0v) is 15.1. The fraction of sp³-hybridized carbons (Fsp3) is 0.0435. The van der Waals surface area contributed by atoms with Crippen molar-refractivity contribution in [1.82, 2.24) is 15.0 Å². The first-order valence-corrected chi connectivity index (χ1v) is 9.05. The van der Waals surface area contributed by atoms with Gasteiger partial charge in [-0.3, -0.25) is 0 Å². The van der Waals surface area contributed by atoms with Gasteiger partial charge < -0.3 is 5.11 Å². The Morgan fingerprint density at radius 3 is 2.21 bits per heavy atom. The maximum atomic E-state index is 13.5. The number of allylic oxidation sites excluding steroid dienone is 2. The average molecular weight is 387 g/mol. The number of aromatic nitrogens is 3. The van der Waals surface area contributed by atoms with E-state index in [0.717, 1.165) is 11.0 Å². The van der Waals surface area contributed by atoms with Crippen LogP contribution in [0.1, 0.15) is 11.1 Å². The predicted molar refractivity (Wildman–Crippen MR) is 106 cm³/mol. The molecule has 1 aliphatic carbocycles. The monoisotopic (exact) mass is 387 g/mol. The molecule has 0 radical (unpaired) electrons. The third-order valence-electron chi connectivity index (χ3n) is 5.10. The third-order valence-corrected chi connectivity index (χ3v) is 5.10. The molecular formula is C23H15F2N3O. The summed E-state index contributed by atoms with van der Waals surface area (Å²) >= 11 is 0. The van der Waals surface area contributed by atoms with E-state index in [-0.39, 0.29) is 5.82 Å². The number of fused-ring (bicyclic) bond motifs is 1. The second-order valence-corrected chi connectivity index (χ2v) is 6.90. The summed E-state index contributed by atoms with van der Waals surface area (Å²) in [4.78, 5) is 0. The molecule has 0 amide bonds. The van der Waals surface area contributed by atoms with Crippen molar-refractivity contribution in [2.24, 2.45) is 0 Å². The van der Waals surface area contributed by atoms with Gasteiger partial charge in [-0.2, -0.15) is 0 Å². The topological polar surface area (TPSA) is 50.9 Å². The number of rotatable bonds is 3. The molecule has 1 aliphatic rings. The van der Waals surface area contributed by atoms with E-state index in [1.165, 1.54) is 36.4 Å². The van der Waals surface area contributed by atoms with Gasteiger partial charge in [0.1, 0.15) is 22.8 Å².